The Morgan fingerprint density at radius 2 is 1.63 bits per heavy atom. The van der Waals surface area contributed by atoms with Crippen molar-refractivity contribution in [2.75, 3.05) is 0 Å². The van der Waals surface area contributed by atoms with E-state index in [1.54, 1.807) is 6.07 Å². The number of benzene rings is 3. The lowest BCUT2D eigenvalue weighted by atomic mass is 9.84. The van der Waals surface area contributed by atoms with Crippen molar-refractivity contribution in [3.8, 4) is 28.4 Å². The summed E-state index contributed by atoms with van der Waals surface area (Å²) in [6, 6.07) is 18.0. The molecule has 0 fully saturated rings. The molecular formula is C25H25NO4. The Kier molecular flexibility index (Phi) is 4.90. The summed E-state index contributed by atoms with van der Waals surface area (Å²) in [5.41, 5.74) is 10.7. The number of ether oxygens (including phenoxy) is 3. The first-order valence-electron chi connectivity index (χ1n) is 9.88. The number of fused-ring (bicyclic) bond motifs is 3. The number of rotatable bonds is 4. The lowest BCUT2D eigenvalue weighted by Crippen LogP contribution is -2.29. The van der Waals surface area contributed by atoms with Crippen molar-refractivity contribution < 1.29 is 19.0 Å². The molecule has 154 valence electrons. The minimum atomic E-state index is -0.843. The molecule has 3 aromatic carbocycles. The maximum atomic E-state index is 11.2. The summed E-state index contributed by atoms with van der Waals surface area (Å²) in [5.74, 6) is 1.90. The maximum Gasteiger partial charge on any atom is 0.409 e. The quantitative estimate of drug-likeness (QED) is 0.612. The summed E-state index contributed by atoms with van der Waals surface area (Å²) in [5, 5.41) is 0. The van der Waals surface area contributed by atoms with Crippen molar-refractivity contribution in [3.05, 3.63) is 76.9 Å². The first-order chi connectivity index (χ1) is 14.2. The zero-order valence-electron chi connectivity index (χ0n) is 17.6. The molecule has 0 aromatic heterocycles. The number of hydrogen-bond donors (Lipinski definition) is 1. The second-order valence-corrected chi connectivity index (χ2v) is 8.08. The third kappa shape index (κ3) is 3.71. The van der Waals surface area contributed by atoms with E-state index in [0.717, 1.165) is 39.1 Å². The molecule has 0 bridgehead atoms. The van der Waals surface area contributed by atoms with Gasteiger partial charge in [0.1, 0.15) is 29.5 Å². The third-order valence-corrected chi connectivity index (χ3v) is 5.34. The Bertz CT molecular complexity index is 1120. The molecule has 0 atom stereocenters. The van der Waals surface area contributed by atoms with Crippen molar-refractivity contribution >= 4 is 6.09 Å². The molecule has 4 rings (SSSR count). The van der Waals surface area contributed by atoms with Crippen molar-refractivity contribution in [1.82, 2.24) is 0 Å². The lowest BCUT2D eigenvalue weighted by Gasteiger charge is -2.36. The van der Waals surface area contributed by atoms with Crippen molar-refractivity contribution in [1.29, 1.82) is 0 Å². The van der Waals surface area contributed by atoms with E-state index < -0.39 is 11.7 Å². The maximum absolute atomic E-state index is 11.2. The monoisotopic (exact) mass is 403 g/mol. The largest absolute Gasteiger partial charge is 0.489 e. The topological polar surface area (TPSA) is 70.8 Å². The van der Waals surface area contributed by atoms with E-state index in [-0.39, 0.29) is 0 Å². The van der Waals surface area contributed by atoms with Gasteiger partial charge in [0, 0.05) is 17.2 Å². The standard InChI is InChI=1S/C25H25NO4/c1-15-10-18-19-11-16(2)22(29-24(26)27)13-23(19)30-25(3,4)20(18)12-21(15)28-14-17-8-6-5-7-9-17/h5-13H,14H2,1-4H3,(H2,26,27). The second-order valence-electron chi connectivity index (χ2n) is 8.08. The predicted molar refractivity (Wildman–Crippen MR) is 116 cm³/mol. The molecule has 3 aromatic rings. The molecule has 1 heterocycles. The molecule has 5 heteroatoms. The molecule has 0 spiro atoms. The highest BCUT2D eigenvalue weighted by Gasteiger charge is 2.34. The average molecular weight is 403 g/mol. The number of nitrogens with two attached hydrogens (primary N) is 1. The van der Waals surface area contributed by atoms with E-state index >= 15 is 0 Å². The average Bonchev–Trinajstić information content (AvgIpc) is 2.68. The van der Waals surface area contributed by atoms with Gasteiger partial charge in [-0.15, -0.1) is 0 Å². The number of amides is 1. The van der Waals surface area contributed by atoms with Gasteiger partial charge in [-0.3, -0.25) is 0 Å². The van der Waals surface area contributed by atoms with Crippen molar-refractivity contribution in [3.63, 3.8) is 0 Å². The molecule has 1 aliphatic rings. The summed E-state index contributed by atoms with van der Waals surface area (Å²) < 4.78 is 17.5. The highest BCUT2D eigenvalue weighted by Crippen LogP contribution is 2.49. The van der Waals surface area contributed by atoms with Crippen molar-refractivity contribution in [2.24, 2.45) is 5.73 Å². The Balaban J connectivity index is 1.74. The van der Waals surface area contributed by atoms with Gasteiger partial charge in [-0.05, 0) is 68.1 Å². The van der Waals surface area contributed by atoms with Crippen LogP contribution in [-0.4, -0.2) is 6.09 Å². The molecule has 5 nitrogen and oxygen atoms in total. The van der Waals surface area contributed by atoms with Crippen LogP contribution < -0.4 is 19.9 Å². The minimum absolute atomic E-state index is 0.403. The second kappa shape index (κ2) is 7.41. The molecule has 0 saturated heterocycles. The first kappa shape index (κ1) is 19.8. The molecule has 1 amide bonds. The van der Waals surface area contributed by atoms with Crippen LogP contribution in [0.25, 0.3) is 11.1 Å². The summed E-state index contributed by atoms with van der Waals surface area (Å²) >= 11 is 0. The van der Waals surface area contributed by atoms with Crippen LogP contribution in [0.5, 0.6) is 17.2 Å². The van der Waals surface area contributed by atoms with Crippen LogP contribution in [0.3, 0.4) is 0 Å². The molecule has 0 radical (unpaired) electrons. The minimum Gasteiger partial charge on any atom is -0.489 e. The Morgan fingerprint density at radius 3 is 2.33 bits per heavy atom. The summed E-state index contributed by atoms with van der Waals surface area (Å²) in [6.45, 7) is 8.45. The molecule has 0 unspecified atom stereocenters. The smallest absolute Gasteiger partial charge is 0.409 e. The fourth-order valence-corrected chi connectivity index (χ4v) is 3.81. The SMILES string of the molecule is Cc1cc2c(cc1OCc1ccccc1)C(C)(C)Oc1cc(OC(N)=O)c(C)cc1-2. The van der Waals surface area contributed by atoms with Crippen LogP contribution in [-0.2, 0) is 12.2 Å². The van der Waals surface area contributed by atoms with Gasteiger partial charge < -0.3 is 19.9 Å². The number of aryl methyl sites for hydroxylation is 2. The van der Waals surface area contributed by atoms with Gasteiger partial charge in [-0.25, -0.2) is 4.79 Å². The fourth-order valence-electron chi connectivity index (χ4n) is 3.81. The fraction of sp³-hybridized carbons (Fsp3) is 0.240. The van der Waals surface area contributed by atoms with E-state index in [1.165, 1.54) is 0 Å². The molecule has 2 N–H and O–H groups in total. The first-order valence-corrected chi connectivity index (χ1v) is 9.88. The number of hydrogen-bond acceptors (Lipinski definition) is 4. The predicted octanol–water partition coefficient (Wildman–Crippen LogP) is 5.63. The van der Waals surface area contributed by atoms with Gasteiger partial charge in [0.25, 0.3) is 0 Å². The number of carbonyl (C=O) groups excluding carboxylic acids is 1. The third-order valence-electron chi connectivity index (χ3n) is 5.34. The van der Waals surface area contributed by atoms with E-state index in [0.29, 0.717) is 18.1 Å². The zero-order chi connectivity index (χ0) is 21.5. The Morgan fingerprint density at radius 1 is 0.967 bits per heavy atom. The molecule has 30 heavy (non-hydrogen) atoms. The molecule has 0 saturated carbocycles. The molecular weight excluding hydrogens is 378 g/mol. The van der Waals surface area contributed by atoms with Crippen LogP contribution in [0.2, 0.25) is 0 Å². The Labute approximate surface area is 176 Å². The van der Waals surface area contributed by atoms with E-state index in [1.807, 2.05) is 64.1 Å². The van der Waals surface area contributed by atoms with Crippen LogP contribution in [0, 0.1) is 13.8 Å². The van der Waals surface area contributed by atoms with E-state index in [4.69, 9.17) is 19.9 Å². The van der Waals surface area contributed by atoms with Gasteiger partial charge in [0.15, 0.2) is 0 Å². The number of carbonyl (C=O) groups is 1. The summed E-state index contributed by atoms with van der Waals surface area (Å²) in [4.78, 5) is 11.2. The van der Waals surface area contributed by atoms with Crippen LogP contribution in [0.4, 0.5) is 4.79 Å². The van der Waals surface area contributed by atoms with Gasteiger partial charge in [-0.2, -0.15) is 0 Å². The number of primary amides is 1. The zero-order valence-corrected chi connectivity index (χ0v) is 17.6. The van der Waals surface area contributed by atoms with Crippen LogP contribution >= 0.6 is 0 Å². The van der Waals surface area contributed by atoms with Gasteiger partial charge in [0.2, 0.25) is 0 Å². The van der Waals surface area contributed by atoms with E-state index in [9.17, 15) is 4.79 Å². The highest BCUT2D eigenvalue weighted by atomic mass is 16.5. The molecule has 0 aliphatic carbocycles. The molecule has 1 aliphatic heterocycles. The summed E-state index contributed by atoms with van der Waals surface area (Å²) in [6.07, 6.45) is -0.843. The van der Waals surface area contributed by atoms with Crippen molar-refractivity contribution in [2.45, 2.75) is 39.9 Å². The summed E-state index contributed by atoms with van der Waals surface area (Å²) in [7, 11) is 0. The van der Waals surface area contributed by atoms with Crippen LogP contribution in [0.1, 0.15) is 36.1 Å². The van der Waals surface area contributed by atoms with Gasteiger partial charge >= 0.3 is 6.09 Å². The van der Waals surface area contributed by atoms with Crippen LogP contribution in [0.15, 0.2) is 54.6 Å². The normalized spacial score (nSPS) is 13.6. The lowest BCUT2D eigenvalue weighted by molar-refractivity contribution is 0.105. The van der Waals surface area contributed by atoms with E-state index in [2.05, 4.69) is 12.1 Å². The Hall–Kier alpha value is -3.47. The van der Waals surface area contributed by atoms with Gasteiger partial charge in [0.05, 0.1) is 0 Å². The highest BCUT2D eigenvalue weighted by molar-refractivity contribution is 5.80. The van der Waals surface area contributed by atoms with Gasteiger partial charge in [-0.1, -0.05) is 30.3 Å².